The second-order valence-electron chi connectivity index (χ2n) is 3.12. The van der Waals surface area contributed by atoms with Crippen LogP contribution in [-0.4, -0.2) is 0 Å². The average molecular weight is 388 g/mol. The van der Waals surface area contributed by atoms with Gasteiger partial charge in [-0.1, -0.05) is 0 Å². The Morgan fingerprint density at radius 2 is 1.41 bits per heavy atom. The molecule has 0 aliphatic carbocycles. The third-order valence-corrected chi connectivity index (χ3v) is 3.13. The molecule has 0 saturated carbocycles. The van der Waals surface area contributed by atoms with Gasteiger partial charge >= 0.3 is 12.4 Å². The third-order valence-electron chi connectivity index (χ3n) is 1.95. The number of alkyl halides is 7. The van der Waals surface area contributed by atoms with E-state index in [0.29, 0.717) is 0 Å². The molecule has 1 rings (SSSR count). The topological polar surface area (TPSA) is 0 Å². The lowest BCUT2D eigenvalue weighted by Crippen LogP contribution is -2.14. The van der Waals surface area contributed by atoms with E-state index in [1.165, 1.54) is 22.6 Å². The first kappa shape index (κ1) is 14.9. The van der Waals surface area contributed by atoms with E-state index < -0.39 is 29.4 Å². The van der Waals surface area contributed by atoms with Gasteiger partial charge in [0.05, 0.1) is 11.1 Å². The molecule has 0 atom stereocenters. The van der Waals surface area contributed by atoms with Gasteiger partial charge in [-0.15, -0.1) is 11.6 Å². The van der Waals surface area contributed by atoms with Crippen molar-refractivity contribution in [1.29, 1.82) is 0 Å². The summed E-state index contributed by atoms with van der Waals surface area (Å²) in [5.41, 5.74) is -3.02. The molecular formula is C9H4ClF6I. The minimum atomic E-state index is -4.85. The molecule has 1 aromatic rings. The number of hydrogen-bond acceptors (Lipinski definition) is 0. The Kier molecular flexibility index (Phi) is 4.23. The highest BCUT2D eigenvalue weighted by Gasteiger charge is 2.39. The van der Waals surface area contributed by atoms with E-state index in [9.17, 15) is 26.3 Å². The fraction of sp³-hybridized carbons (Fsp3) is 0.333. The molecule has 17 heavy (non-hydrogen) atoms. The summed E-state index contributed by atoms with van der Waals surface area (Å²) in [7, 11) is 0. The van der Waals surface area contributed by atoms with Crippen LogP contribution in [0.15, 0.2) is 12.1 Å². The zero-order chi connectivity index (χ0) is 13.4. The third kappa shape index (κ3) is 3.40. The number of rotatable bonds is 1. The van der Waals surface area contributed by atoms with Crippen molar-refractivity contribution < 1.29 is 26.3 Å². The Labute approximate surface area is 111 Å². The van der Waals surface area contributed by atoms with E-state index in [0.717, 1.165) is 6.07 Å². The van der Waals surface area contributed by atoms with Gasteiger partial charge in [-0.25, -0.2) is 0 Å². The molecule has 96 valence electrons. The predicted molar refractivity (Wildman–Crippen MR) is 58.7 cm³/mol. The highest BCUT2D eigenvalue weighted by molar-refractivity contribution is 14.1. The van der Waals surface area contributed by atoms with Crippen molar-refractivity contribution in [2.24, 2.45) is 0 Å². The number of benzene rings is 1. The summed E-state index contributed by atoms with van der Waals surface area (Å²) in [5, 5.41) is 0. The van der Waals surface area contributed by atoms with Gasteiger partial charge in [0.15, 0.2) is 0 Å². The van der Waals surface area contributed by atoms with E-state index in [1.54, 1.807) is 0 Å². The minimum Gasteiger partial charge on any atom is -0.166 e. The molecule has 8 heteroatoms. The van der Waals surface area contributed by atoms with Crippen LogP contribution in [0.2, 0.25) is 0 Å². The molecule has 0 fully saturated rings. The Balaban J connectivity index is 3.49. The van der Waals surface area contributed by atoms with Crippen LogP contribution >= 0.6 is 34.2 Å². The Hall–Kier alpha value is -0.180. The molecule has 0 unspecified atom stereocenters. The van der Waals surface area contributed by atoms with Crippen LogP contribution in [0.3, 0.4) is 0 Å². The maximum atomic E-state index is 12.5. The summed E-state index contributed by atoms with van der Waals surface area (Å²) in [6, 6.07) is 0.901. The summed E-state index contributed by atoms with van der Waals surface area (Å²) in [4.78, 5) is 0. The minimum absolute atomic E-state index is 0.0967. The molecule has 0 aliphatic rings. The SMILES string of the molecule is FC(F)(F)c1cc(C(F)(F)F)c(CCl)cc1I. The molecule has 0 aliphatic heterocycles. The quantitative estimate of drug-likeness (QED) is 0.358. The fourth-order valence-corrected chi connectivity index (χ4v) is 2.26. The van der Waals surface area contributed by atoms with Gasteiger partial charge in [0, 0.05) is 9.45 Å². The van der Waals surface area contributed by atoms with E-state index in [2.05, 4.69) is 0 Å². The molecule has 0 nitrogen and oxygen atoms in total. The molecule has 0 spiro atoms. The second-order valence-corrected chi connectivity index (χ2v) is 4.55. The van der Waals surface area contributed by atoms with E-state index in [-0.39, 0.29) is 15.2 Å². The summed E-state index contributed by atoms with van der Waals surface area (Å²) < 4.78 is 74.6. The fourth-order valence-electron chi connectivity index (χ4n) is 1.21. The van der Waals surface area contributed by atoms with Crippen molar-refractivity contribution in [2.45, 2.75) is 18.2 Å². The van der Waals surface area contributed by atoms with Crippen LogP contribution in [0.4, 0.5) is 26.3 Å². The first-order chi connectivity index (χ1) is 7.57. The number of halogens is 8. The van der Waals surface area contributed by atoms with E-state index >= 15 is 0 Å². The van der Waals surface area contributed by atoms with Crippen molar-refractivity contribution in [3.8, 4) is 0 Å². The van der Waals surface area contributed by atoms with Gasteiger partial charge < -0.3 is 0 Å². The lowest BCUT2D eigenvalue weighted by molar-refractivity contribution is -0.143. The van der Waals surface area contributed by atoms with Gasteiger partial charge in [0.2, 0.25) is 0 Å². The van der Waals surface area contributed by atoms with Crippen LogP contribution in [-0.2, 0) is 18.2 Å². The van der Waals surface area contributed by atoms with Crippen molar-refractivity contribution in [2.75, 3.05) is 0 Å². The molecule has 0 heterocycles. The maximum Gasteiger partial charge on any atom is 0.417 e. The highest BCUT2D eigenvalue weighted by Crippen LogP contribution is 2.40. The first-order valence-corrected chi connectivity index (χ1v) is 5.71. The summed E-state index contributed by atoms with van der Waals surface area (Å²) in [6.07, 6.45) is -9.67. The molecule has 0 N–H and O–H groups in total. The van der Waals surface area contributed by atoms with Gasteiger partial charge in [-0.05, 0) is 40.3 Å². The van der Waals surface area contributed by atoms with E-state index in [4.69, 9.17) is 11.6 Å². The monoisotopic (exact) mass is 388 g/mol. The van der Waals surface area contributed by atoms with Gasteiger partial charge in [-0.2, -0.15) is 26.3 Å². The van der Waals surface area contributed by atoms with Gasteiger partial charge in [0.25, 0.3) is 0 Å². The zero-order valence-electron chi connectivity index (χ0n) is 7.89. The van der Waals surface area contributed by atoms with Crippen molar-refractivity contribution in [3.63, 3.8) is 0 Å². The summed E-state index contributed by atoms with van der Waals surface area (Å²) in [6.45, 7) is 0. The number of hydrogen-bond donors (Lipinski definition) is 0. The standard InChI is InChI=1S/C9H4ClF6I/c10-3-4-1-7(17)6(9(14,15)16)2-5(4)8(11,12)13/h1-2H,3H2. The van der Waals surface area contributed by atoms with Crippen LogP contribution in [0.1, 0.15) is 16.7 Å². The average Bonchev–Trinajstić information content (AvgIpc) is 2.13. The van der Waals surface area contributed by atoms with Crippen molar-refractivity contribution in [1.82, 2.24) is 0 Å². The van der Waals surface area contributed by atoms with E-state index in [1.807, 2.05) is 0 Å². The smallest absolute Gasteiger partial charge is 0.166 e. The molecule has 1 aromatic carbocycles. The molecule has 0 aromatic heterocycles. The van der Waals surface area contributed by atoms with Crippen LogP contribution < -0.4 is 0 Å². The van der Waals surface area contributed by atoms with Crippen molar-refractivity contribution in [3.05, 3.63) is 32.4 Å². The first-order valence-electron chi connectivity index (χ1n) is 4.10. The normalized spacial score (nSPS) is 12.9. The maximum absolute atomic E-state index is 12.5. The molecule has 0 bridgehead atoms. The Bertz CT molecular complexity index is 423. The largest absolute Gasteiger partial charge is 0.417 e. The van der Waals surface area contributed by atoms with Crippen LogP contribution in [0.5, 0.6) is 0 Å². The van der Waals surface area contributed by atoms with Crippen LogP contribution in [0.25, 0.3) is 0 Å². The lowest BCUT2D eigenvalue weighted by atomic mass is 10.0. The van der Waals surface area contributed by atoms with Gasteiger partial charge in [0.1, 0.15) is 0 Å². The Morgan fingerprint density at radius 1 is 0.941 bits per heavy atom. The Morgan fingerprint density at radius 3 is 1.76 bits per heavy atom. The lowest BCUT2D eigenvalue weighted by Gasteiger charge is -2.16. The molecule has 0 amide bonds. The summed E-state index contributed by atoms with van der Waals surface area (Å²) >= 11 is 6.63. The van der Waals surface area contributed by atoms with Gasteiger partial charge in [-0.3, -0.25) is 0 Å². The molecule has 0 saturated heterocycles. The summed E-state index contributed by atoms with van der Waals surface area (Å²) in [5.74, 6) is -0.497. The highest BCUT2D eigenvalue weighted by atomic mass is 127. The zero-order valence-corrected chi connectivity index (χ0v) is 10.8. The molecule has 0 radical (unpaired) electrons. The second kappa shape index (κ2) is 4.83. The molecular weight excluding hydrogens is 384 g/mol. The van der Waals surface area contributed by atoms with Crippen LogP contribution in [0, 0.1) is 3.57 Å². The predicted octanol–water partition coefficient (Wildman–Crippen LogP) is 5.07. The van der Waals surface area contributed by atoms with Crippen molar-refractivity contribution >= 4 is 34.2 Å².